The van der Waals surface area contributed by atoms with E-state index in [1.165, 1.54) is 0 Å². The standard InChI is InChI=1S/C8H8F3NO4/c1-15-6-5(14)2-4(3-13)12-7(6)16-8(9,10)11/h2,13H,3H2,1H3,(H,12,14). The molecule has 8 heteroatoms. The summed E-state index contributed by atoms with van der Waals surface area (Å²) in [4.78, 5) is 13.3. The minimum atomic E-state index is -4.95. The van der Waals surface area contributed by atoms with Crippen molar-refractivity contribution in [3.05, 3.63) is 22.0 Å². The predicted molar refractivity (Wildman–Crippen MR) is 46.2 cm³/mol. The number of aliphatic hydroxyl groups is 1. The summed E-state index contributed by atoms with van der Waals surface area (Å²) < 4.78 is 43.9. The number of ether oxygens (including phenoxy) is 2. The van der Waals surface area contributed by atoms with Gasteiger partial charge in [0.15, 0.2) is 0 Å². The van der Waals surface area contributed by atoms with Gasteiger partial charge < -0.3 is 19.6 Å². The van der Waals surface area contributed by atoms with Gasteiger partial charge >= 0.3 is 6.36 Å². The van der Waals surface area contributed by atoms with Crippen LogP contribution in [0.5, 0.6) is 11.6 Å². The van der Waals surface area contributed by atoms with Crippen LogP contribution in [0.2, 0.25) is 0 Å². The van der Waals surface area contributed by atoms with Crippen LogP contribution in [-0.2, 0) is 6.61 Å². The van der Waals surface area contributed by atoms with Gasteiger partial charge in [0.05, 0.1) is 13.7 Å². The first-order valence-corrected chi connectivity index (χ1v) is 4.04. The van der Waals surface area contributed by atoms with Crippen molar-refractivity contribution in [3.8, 4) is 11.6 Å². The molecule has 2 N–H and O–H groups in total. The molecule has 90 valence electrons. The minimum absolute atomic E-state index is 0.106. The van der Waals surface area contributed by atoms with Crippen LogP contribution < -0.4 is 14.9 Å². The Hall–Kier alpha value is -1.70. The van der Waals surface area contributed by atoms with Crippen molar-refractivity contribution in [2.75, 3.05) is 7.11 Å². The Bertz CT molecular complexity index is 426. The zero-order valence-electron chi connectivity index (χ0n) is 8.09. The molecule has 0 atom stereocenters. The van der Waals surface area contributed by atoms with Gasteiger partial charge in [-0.05, 0) is 0 Å². The molecule has 0 aromatic carbocycles. The van der Waals surface area contributed by atoms with Gasteiger partial charge in [0, 0.05) is 11.8 Å². The van der Waals surface area contributed by atoms with Crippen LogP contribution in [0.4, 0.5) is 13.2 Å². The Morgan fingerprint density at radius 3 is 2.56 bits per heavy atom. The summed E-state index contributed by atoms with van der Waals surface area (Å²) in [5, 5.41) is 8.70. The molecule has 1 heterocycles. The van der Waals surface area contributed by atoms with E-state index in [9.17, 15) is 18.0 Å². The van der Waals surface area contributed by atoms with Gasteiger partial charge in [-0.3, -0.25) is 4.79 Å². The number of rotatable bonds is 3. The Labute approximate surface area is 87.4 Å². The van der Waals surface area contributed by atoms with Crippen LogP contribution in [0.25, 0.3) is 0 Å². The van der Waals surface area contributed by atoms with E-state index in [1.54, 1.807) is 0 Å². The van der Waals surface area contributed by atoms with Crippen molar-refractivity contribution in [3.63, 3.8) is 0 Å². The van der Waals surface area contributed by atoms with E-state index in [-0.39, 0.29) is 5.69 Å². The maximum atomic E-state index is 12.0. The molecule has 5 nitrogen and oxygen atoms in total. The first-order valence-electron chi connectivity index (χ1n) is 4.04. The predicted octanol–water partition coefficient (Wildman–Crippen LogP) is 0.774. The maximum Gasteiger partial charge on any atom is 0.574 e. The third-order valence-electron chi connectivity index (χ3n) is 1.60. The largest absolute Gasteiger partial charge is 0.574 e. The Morgan fingerprint density at radius 2 is 2.12 bits per heavy atom. The molecule has 1 rings (SSSR count). The molecule has 16 heavy (non-hydrogen) atoms. The fourth-order valence-corrected chi connectivity index (χ4v) is 1.04. The number of H-pyrrole nitrogens is 1. The zero-order chi connectivity index (χ0) is 12.3. The summed E-state index contributed by atoms with van der Waals surface area (Å²) in [5.74, 6) is -1.49. The topological polar surface area (TPSA) is 71.6 Å². The molecular formula is C8H8F3NO4. The number of pyridine rings is 1. The molecule has 0 unspecified atom stereocenters. The van der Waals surface area contributed by atoms with E-state index >= 15 is 0 Å². The van der Waals surface area contributed by atoms with Crippen LogP contribution >= 0.6 is 0 Å². The van der Waals surface area contributed by atoms with E-state index in [4.69, 9.17) is 5.11 Å². The molecule has 0 amide bonds. The monoisotopic (exact) mass is 239 g/mol. The number of aromatic nitrogens is 1. The number of hydrogen-bond donors (Lipinski definition) is 2. The second kappa shape index (κ2) is 4.44. The summed E-state index contributed by atoms with van der Waals surface area (Å²) in [6.07, 6.45) is -4.95. The first-order chi connectivity index (χ1) is 7.37. The fourth-order valence-electron chi connectivity index (χ4n) is 1.04. The molecule has 0 radical (unpaired) electrons. The average Bonchev–Trinajstić information content (AvgIpc) is 2.14. The van der Waals surface area contributed by atoms with Crippen LogP contribution in [0, 0.1) is 0 Å². The Kier molecular flexibility index (Phi) is 3.43. The molecule has 1 aromatic rings. The van der Waals surface area contributed by atoms with E-state index in [0.29, 0.717) is 0 Å². The fraction of sp³-hybridized carbons (Fsp3) is 0.375. The van der Waals surface area contributed by atoms with E-state index in [2.05, 4.69) is 14.5 Å². The molecule has 0 aliphatic carbocycles. The second-order valence-electron chi connectivity index (χ2n) is 2.73. The van der Waals surface area contributed by atoms with Gasteiger partial charge in [-0.1, -0.05) is 0 Å². The lowest BCUT2D eigenvalue weighted by Crippen LogP contribution is -2.21. The van der Waals surface area contributed by atoms with Gasteiger partial charge in [0.25, 0.3) is 0 Å². The maximum absolute atomic E-state index is 12.0. The molecule has 0 aliphatic rings. The van der Waals surface area contributed by atoms with Crippen molar-refractivity contribution >= 4 is 0 Å². The molecule has 0 saturated carbocycles. The third kappa shape index (κ3) is 2.89. The van der Waals surface area contributed by atoms with Crippen molar-refractivity contribution in [2.45, 2.75) is 13.0 Å². The lowest BCUT2D eigenvalue weighted by Gasteiger charge is -2.12. The molecule has 1 aromatic heterocycles. The van der Waals surface area contributed by atoms with Gasteiger partial charge in [0.1, 0.15) is 0 Å². The number of aliphatic hydroxyl groups excluding tert-OH is 1. The summed E-state index contributed by atoms with van der Waals surface area (Å²) in [6.45, 7) is -0.618. The van der Waals surface area contributed by atoms with Gasteiger partial charge in [-0.25, -0.2) is 0 Å². The van der Waals surface area contributed by atoms with Crippen LogP contribution in [0.1, 0.15) is 5.69 Å². The van der Waals surface area contributed by atoms with Crippen molar-refractivity contribution < 1.29 is 27.8 Å². The van der Waals surface area contributed by atoms with Crippen LogP contribution in [-0.4, -0.2) is 23.6 Å². The minimum Gasteiger partial charge on any atom is -0.488 e. The number of hydrogen-bond acceptors (Lipinski definition) is 4. The zero-order valence-corrected chi connectivity index (χ0v) is 8.09. The van der Waals surface area contributed by atoms with Crippen molar-refractivity contribution in [2.24, 2.45) is 0 Å². The Morgan fingerprint density at radius 1 is 1.50 bits per heavy atom. The molecule has 0 fully saturated rings. The lowest BCUT2D eigenvalue weighted by molar-refractivity contribution is -0.276. The van der Waals surface area contributed by atoms with Crippen molar-refractivity contribution in [1.29, 1.82) is 0 Å². The smallest absolute Gasteiger partial charge is 0.488 e. The SMILES string of the molecule is COc1c(OC(F)(F)F)[nH]c(CO)cc1=O. The summed E-state index contributed by atoms with van der Waals surface area (Å²) in [7, 11) is 1.03. The molecular weight excluding hydrogens is 231 g/mol. The number of nitrogens with one attached hydrogen (secondary N) is 1. The summed E-state index contributed by atoms with van der Waals surface area (Å²) in [6, 6.07) is 0.919. The van der Waals surface area contributed by atoms with Gasteiger partial charge in [-0.15, -0.1) is 13.2 Å². The average molecular weight is 239 g/mol. The molecule has 0 spiro atoms. The summed E-state index contributed by atoms with van der Waals surface area (Å²) >= 11 is 0. The molecule has 0 bridgehead atoms. The summed E-state index contributed by atoms with van der Waals surface area (Å²) in [5.41, 5.74) is -0.922. The normalized spacial score (nSPS) is 11.3. The number of halogens is 3. The second-order valence-corrected chi connectivity index (χ2v) is 2.73. The van der Waals surface area contributed by atoms with Gasteiger partial charge in [-0.2, -0.15) is 0 Å². The number of alkyl halides is 3. The van der Waals surface area contributed by atoms with E-state index in [1.807, 2.05) is 0 Å². The van der Waals surface area contributed by atoms with E-state index in [0.717, 1.165) is 13.2 Å². The third-order valence-corrected chi connectivity index (χ3v) is 1.60. The first kappa shape index (κ1) is 12.4. The highest BCUT2D eigenvalue weighted by atomic mass is 19.4. The van der Waals surface area contributed by atoms with Crippen LogP contribution in [0.3, 0.4) is 0 Å². The van der Waals surface area contributed by atoms with Crippen molar-refractivity contribution in [1.82, 2.24) is 4.98 Å². The van der Waals surface area contributed by atoms with E-state index < -0.39 is 30.0 Å². The number of methoxy groups -OCH3 is 1. The molecule has 0 saturated heterocycles. The van der Waals surface area contributed by atoms with Gasteiger partial charge in [0.2, 0.25) is 17.1 Å². The Balaban J connectivity index is 3.23. The highest BCUT2D eigenvalue weighted by molar-refractivity contribution is 5.34. The van der Waals surface area contributed by atoms with Crippen LogP contribution in [0.15, 0.2) is 10.9 Å². The number of aromatic amines is 1. The highest BCUT2D eigenvalue weighted by Crippen LogP contribution is 2.27. The lowest BCUT2D eigenvalue weighted by atomic mass is 10.3. The highest BCUT2D eigenvalue weighted by Gasteiger charge is 2.33. The molecule has 0 aliphatic heterocycles. The quantitative estimate of drug-likeness (QED) is 0.817.